The molecule has 0 saturated heterocycles. The number of carbonyl (C=O) groups is 1. The highest BCUT2D eigenvalue weighted by atomic mass is 19.1. The summed E-state index contributed by atoms with van der Waals surface area (Å²) in [5, 5.41) is 0. The van der Waals surface area contributed by atoms with E-state index >= 15 is 0 Å². The molecule has 1 aliphatic rings. The Labute approximate surface area is 156 Å². The van der Waals surface area contributed by atoms with E-state index in [1.54, 1.807) is 37.5 Å². The SMILES string of the molecule is CN1C(=O)C(c2cc[c]cc2)(c2cccc(-c3cncc(F)c3)c2)N=C1N. The van der Waals surface area contributed by atoms with E-state index in [4.69, 9.17) is 5.73 Å². The maximum absolute atomic E-state index is 13.6. The summed E-state index contributed by atoms with van der Waals surface area (Å²) in [6, 6.07) is 18.7. The second-order valence-electron chi connectivity index (χ2n) is 6.31. The van der Waals surface area contributed by atoms with E-state index in [0.29, 0.717) is 16.7 Å². The molecule has 1 atom stereocenters. The maximum atomic E-state index is 13.6. The van der Waals surface area contributed by atoms with Gasteiger partial charge in [0.25, 0.3) is 5.91 Å². The highest BCUT2D eigenvalue weighted by Gasteiger charge is 2.49. The van der Waals surface area contributed by atoms with Crippen LogP contribution in [-0.4, -0.2) is 28.8 Å². The fourth-order valence-corrected chi connectivity index (χ4v) is 3.31. The van der Waals surface area contributed by atoms with Crippen molar-refractivity contribution in [3.05, 3.63) is 90.0 Å². The third kappa shape index (κ3) is 2.66. The number of nitrogens with two attached hydrogens (primary N) is 1. The third-order valence-electron chi connectivity index (χ3n) is 4.69. The fraction of sp³-hybridized carbons (Fsp3) is 0.0952. The van der Waals surface area contributed by atoms with Gasteiger partial charge in [0.05, 0.1) is 6.20 Å². The van der Waals surface area contributed by atoms with E-state index in [0.717, 1.165) is 11.8 Å². The van der Waals surface area contributed by atoms with E-state index in [9.17, 15) is 9.18 Å². The van der Waals surface area contributed by atoms with Crippen molar-refractivity contribution in [1.82, 2.24) is 9.88 Å². The Kier molecular flexibility index (Phi) is 3.96. The van der Waals surface area contributed by atoms with Crippen molar-refractivity contribution in [2.75, 3.05) is 7.05 Å². The summed E-state index contributed by atoms with van der Waals surface area (Å²) in [4.78, 5) is 23.0. The van der Waals surface area contributed by atoms with Crippen molar-refractivity contribution >= 4 is 11.9 Å². The molecule has 0 spiro atoms. The van der Waals surface area contributed by atoms with E-state index in [1.807, 2.05) is 24.3 Å². The van der Waals surface area contributed by atoms with Gasteiger partial charge < -0.3 is 5.73 Å². The molecule has 3 aromatic rings. The second-order valence-corrected chi connectivity index (χ2v) is 6.31. The lowest BCUT2D eigenvalue weighted by Crippen LogP contribution is -2.41. The summed E-state index contributed by atoms with van der Waals surface area (Å²) in [7, 11) is 1.60. The molecule has 2 aromatic carbocycles. The molecular formula is C21H16FN4O. The molecule has 1 radical (unpaired) electrons. The first-order valence-electron chi connectivity index (χ1n) is 8.34. The van der Waals surface area contributed by atoms with Crippen molar-refractivity contribution in [2.24, 2.45) is 10.7 Å². The molecular weight excluding hydrogens is 343 g/mol. The van der Waals surface area contributed by atoms with Gasteiger partial charge >= 0.3 is 0 Å². The average molecular weight is 359 g/mol. The number of aromatic nitrogens is 1. The Morgan fingerprint density at radius 3 is 2.52 bits per heavy atom. The van der Waals surface area contributed by atoms with Gasteiger partial charge in [-0.1, -0.05) is 42.5 Å². The third-order valence-corrected chi connectivity index (χ3v) is 4.69. The van der Waals surface area contributed by atoms with Crippen molar-refractivity contribution in [3.8, 4) is 11.1 Å². The number of hydrogen-bond acceptors (Lipinski definition) is 4. The molecule has 0 fully saturated rings. The molecule has 1 aliphatic heterocycles. The number of benzene rings is 2. The number of rotatable bonds is 3. The smallest absolute Gasteiger partial charge is 0.266 e. The molecule has 1 amide bonds. The van der Waals surface area contributed by atoms with Gasteiger partial charge in [-0.2, -0.15) is 0 Å². The first-order chi connectivity index (χ1) is 13.0. The molecule has 2 N–H and O–H groups in total. The van der Waals surface area contributed by atoms with Gasteiger partial charge in [0, 0.05) is 18.8 Å². The summed E-state index contributed by atoms with van der Waals surface area (Å²) in [5.41, 5.74) is 7.37. The van der Waals surface area contributed by atoms with E-state index in [-0.39, 0.29) is 11.9 Å². The Morgan fingerprint density at radius 1 is 1.07 bits per heavy atom. The molecule has 0 saturated carbocycles. The maximum Gasteiger partial charge on any atom is 0.266 e. The van der Waals surface area contributed by atoms with Crippen LogP contribution in [0.5, 0.6) is 0 Å². The zero-order valence-corrected chi connectivity index (χ0v) is 14.6. The fourth-order valence-electron chi connectivity index (χ4n) is 3.31. The molecule has 1 unspecified atom stereocenters. The lowest BCUT2D eigenvalue weighted by atomic mass is 9.82. The largest absolute Gasteiger partial charge is 0.369 e. The highest BCUT2D eigenvalue weighted by molar-refractivity contribution is 6.09. The molecule has 2 heterocycles. The summed E-state index contributed by atoms with van der Waals surface area (Å²) in [6.07, 6.45) is 2.72. The molecule has 5 nitrogen and oxygen atoms in total. The number of halogens is 1. The minimum Gasteiger partial charge on any atom is -0.369 e. The van der Waals surface area contributed by atoms with Crippen LogP contribution < -0.4 is 5.73 Å². The lowest BCUT2D eigenvalue weighted by molar-refractivity contribution is -0.129. The predicted octanol–water partition coefficient (Wildman–Crippen LogP) is 2.72. The normalized spacial score (nSPS) is 19.3. The van der Waals surface area contributed by atoms with Gasteiger partial charge in [0.2, 0.25) is 0 Å². The Bertz CT molecular complexity index is 1050. The number of hydrogen-bond donors (Lipinski definition) is 1. The van der Waals surface area contributed by atoms with Gasteiger partial charge in [0.15, 0.2) is 11.5 Å². The Hall–Kier alpha value is -3.54. The number of amides is 1. The number of aliphatic imine (C=N–C) groups is 1. The number of guanidine groups is 1. The average Bonchev–Trinajstić information content (AvgIpc) is 2.94. The topological polar surface area (TPSA) is 71.6 Å². The van der Waals surface area contributed by atoms with Crippen LogP contribution in [0.3, 0.4) is 0 Å². The summed E-state index contributed by atoms with van der Waals surface area (Å²) >= 11 is 0. The van der Waals surface area contributed by atoms with Gasteiger partial charge in [0.1, 0.15) is 5.82 Å². The summed E-state index contributed by atoms with van der Waals surface area (Å²) in [6.45, 7) is 0. The quantitative estimate of drug-likeness (QED) is 0.782. The monoisotopic (exact) mass is 359 g/mol. The number of carbonyl (C=O) groups excluding carboxylic acids is 1. The number of likely N-dealkylation sites (N-methyl/N-ethyl adjacent to an activating group) is 1. The molecule has 1 aromatic heterocycles. The van der Waals surface area contributed by atoms with Crippen LogP contribution in [0.4, 0.5) is 4.39 Å². The van der Waals surface area contributed by atoms with Crippen LogP contribution in [0.2, 0.25) is 0 Å². The van der Waals surface area contributed by atoms with Crippen molar-refractivity contribution in [2.45, 2.75) is 5.54 Å². The first-order valence-corrected chi connectivity index (χ1v) is 8.34. The van der Waals surface area contributed by atoms with Gasteiger partial charge in [-0.3, -0.25) is 14.7 Å². The van der Waals surface area contributed by atoms with Crippen LogP contribution in [0.25, 0.3) is 11.1 Å². The van der Waals surface area contributed by atoms with Gasteiger partial charge in [-0.05, 0) is 34.9 Å². The van der Waals surface area contributed by atoms with Crippen LogP contribution in [-0.2, 0) is 10.3 Å². The zero-order valence-electron chi connectivity index (χ0n) is 14.6. The Morgan fingerprint density at radius 2 is 1.85 bits per heavy atom. The van der Waals surface area contributed by atoms with Gasteiger partial charge in [-0.25, -0.2) is 9.38 Å². The summed E-state index contributed by atoms with van der Waals surface area (Å²) < 4.78 is 13.6. The van der Waals surface area contributed by atoms with Crippen LogP contribution in [0.15, 0.2) is 72.0 Å². The van der Waals surface area contributed by atoms with Gasteiger partial charge in [-0.15, -0.1) is 0 Å². The van der Waals surface area contributed by atoms with Crippen LogP contribution >= 0.6 is 0 Å². The second kappa shape index (κ2) is 6.32. The van der Waals surface area contributed by atoms with Crippen molar-refractivity contribution in [3.63, 3.8) is 0 Å². The molecule has 4 rings (SSSR count). The molecule has 6 heteroatoms. The molecule has 27 heavy (non-hydrogen) atoms. The standard InChI is InChI=1S/C21H16FN4O/c1-26-19(27)21(25-20(26)23,16-7-3-2-4-8-16)17-9-5-6-14(10-17)15-11-18(22)13-24-12-15/h3-13H,1H3,(H2,23,25). The minimum atomic E-state index is -1.29. The van der Waals surface area contributed by atoms with E-state index in [1.165, 1.54) is 11.0 Å². The summed E-state index contributed by atoms with van der Waals surface area (Å²) in [5.74, 6) is -0.531. The van der Waals surface area contributed by atoms with E-state index in [2.05, 4.69) is 16.0 Å². The van der Waals surface area contributed by atoms with Crippen LogP contribution in [0.1, 0.15) is 11.1 Å². The van der Waals surface area contributed by atoms with Crippen molar-refractivity contribution in [1.29, 1.82) is 0 Å². The highest BCUT2D eigenvalue weighted by Crippen LogP contribution is 2.40. The number of pyridine rings is 1. The molecule has 0 bridgehead atoms. The molecule has 133 valence electrons. The molecule has 0 aliphatic carbocycles. The Balaban J connectivity index is 1.93. The first kappa shape index (κ1) is 16.9. The lowest BCUT2D eigenvalue weighted by Gasteiger charge is -2.26. The number of nitrogens with zero attached hydrogens (tertiary/aromatic N) is 3. The van der Waals surface area contributed by atoms with Crippen LogP contribution in [0, 0.1) is 11.9 Å². The minimum absolute atomic E-state index is 0.144. The van der Waals surface area contributed by atoms with E-state index < -0.39 is 11.4 Å². The predicted molar refractivity (Wildman–Crippen MR) is 100 cm³/mol. The zero-order chi connectivity index (χ0) is 19.0. The van der Waals surface area contributed by atoms with Crippen molar-refractivity contribution < 1.29 is 9.18 Å².